The number of carbonyl (C=O) groups is 1. The van der Waals surface area contributed by atoms with Crippen LogP contribution < -0.4 is 5.84 Å². The molecule has 1 fully saturated rings. The van der Waals surface area contributed by atoms with Crippen LogP contribution in [0.2, 0.25) is 0 Å². The molecule has 0 aliphatic carbocycles. The molecule has 0 aromatic heterocycles. The maximum Gasteiger partial charge on any atom is 0.329 e. The molecule has 3 N–H and O–H groups in total. The van der Waals surface area contributed by atoms with Crippen LogP contribution in [0, 0.1) is 0 Å². The molecule has 1 rings (SSSR count). The molecule has 0 amide bonds. The number of hydrogen-bond acceptors (Lipinski definition) is 4. The summed E-state index contributed by atoms with van der Waals surface area (Å²) >= 11 is 0. The summed E-state index contributed by atoms with van der Waals surface area (Å²) < 4.78 is 30.5. The van der Waals surface area contributed by atoms with Crippen LogP contribution in [0.25, 0.3) is 0 Å². The Bertz CT molecular complexity index is 238. The molecule has 1 atom stereocenters. The third-order valence-corrected chi connectivity index (χ3v) is 2.26. The Morgan fingerprint density at radius 1 is 1.67 bits per heavy atom. The largest absolute Gasteiger partial charge is 0.480 e. The number of halogens is 2. The third kappa shape index (κ3) is 4.06. The van der Waals surface area contributed by atoms with Crippen LogP contribution in [-0.4, -0.2) is 47.8 Å². The lowest BCUT2D eigenvalue weighted by molar-refractivity contribution is -0.144. The van der Waals surface area contributed by atoms with Crippen LogP contribution in [0.15, 0.2) is 0 Å². The summed E-state index contributed by atoms with van der Waals surface area (Å²) in [7, 11) is 0. The quantitative estimate of drug-likeness (QED) is 0.660. The van der Waals surface area contributed by atoms with Gasteiger partial charge in [0.05, 0.1) is 13.2 Å². The Hall–Kier alpha value is -0.790. The zero-order chi connectivity index (χ0) is 11.5. The van der Waals surface area contributed by atoms with Gasteiger partial charge in [-0.25, -0.2) is 18.6 Å². The van der Waals surface area contributed by atoms with E-state index in [0.29, 0.717) is 0 Å². The Balaban J connectivity index is 2.29. The average molecular weight is 224 g/mol. The highest BCUT2D eigenvalue weighted by atomic mass is 19.3. The fourth-order valence-corrected chi connectivity index (χ4v) is 1.48. The molecule has 0 aromatic carbocycles. The summed E-state index contributed by atoms with van der Waals surface area (Å²) in [6.07, 6.45) is -0.0229. The predicted molar refractivity (Wildman–Crippen MR) is 47.3 cm³/mol. The molecule has 5 nitrogen and oxygen atoms in total. The van der Waals surface area contributed by atoms with Gasteiger partial charge in [-0.2, -0.15) is 0 Å². The minimum Gasteiger partial charge on any atom is -0.480 e. The molecule has 7 heteroatoms. The highest BCUT2D eigenvalue weighted by Crippen LogP contribution is 2.28. The van der Waals surface area contributed by atoms with E-state index in [-0.39, 0.29) is 25.5 Å². The SMILES string of the molecule is NN1CC(F)(F)CCC1COCC(=O)O. The Morgan fingerprint density at radius 2 is 2.33 bits per heavy atom. The minimum absolute atomic E-state index is 0.0683. The third-order valence-electron chi connectivity index (χ3n) is 2.26. The van der Waals surface area contributed by atoms with Gasteiger partial charge in [0.15, 0.2) is 0 Å². The Kier molecular flexibility index (Phi) is 3.95. The first kappa shape index (κ1) is 12.3. The van der Waals surface area contributed by atoms with Crippen LogP contribution in [-0.2, 0) is 9.53 Å². The van der Waals surface area contributed by atoms with Crippen LogP contribution >= 0.6 is 0 Å². The van der Waals surface area contributed by atoms with Crippen LogP contribution in [0.4, 0.5) is 8.78 Å². The number of hydrogen-bond donors (Lipinski definition) is 2. The van der Waals surface area contributed by atoms with Gasteiger partial charge in [0.25, 0.3) is 5.92 Å². The summed E-state index contributed by atoms with van der Waals surface area (Å²) in [6.45, 7) is -0.867. The van der Waals surface area contributed by atoms with Crippen molar-refractivity contribution >= 4 is 5.97 Å². The van der Waals surface area contributed by atoms with E-state index in [1.807, 2.05) is 0 Å². The molecule has 0 spiro atoms. The van der Waals surface area contributed by atoms with Gasteiger partial charge >= 0.3 is 5.97 Å². The Morgan fingerprint density at radius 3 is 2.87 bits per heavy atom. The second-order valence-corrected chi connectivity index (χ2v) is 3.63. The van der Waals surface area contributed by atoms with Gasteiger partial charge in [-0.1, -0.05) is 0 Å². The van der Waals surface area contributed by atoms with E-state index >= 15 is 0 Å². The van der Waals surface area contributed by atoms with Crippen molar-refractivity contribution in [2.24, 2.45) is 5.84 Å². The molecule has 1 unspecified atom stereocenters. The van der Waals surface area contributed by atoms with Crippen LogP contribution in [0.3, 0.4) is 0 Å². The van der Waals surface area contributed by atoms with Crippen molar-refractivity contribution in [1.29, 1.82) is 0 Å². The van der Waals surface area contributed by atoms with Crippen molar-refractivity contribution in [3.63, 3.8) is 0 Å². The lowest BCUT2D eigenvalue weighted by Gasteiger charge is -2.35. The van der Waals surface area contributed by atoms with Gasteiger partial charge in [-0.05, 0) is 6.42 Å². The minimum atomic E-state index is -2.75. The van der Waals surface area contributed by atoms with Crippen molar-refractivity contribution in [2.45, 2.75) is 24.8 Å². The summed E-state index contributed by atoms with van der Waals surface area (Å²) in [4.78, 5) is 10.1. The number of carboxylic acid groups (broad SMARTS) is 1. The lowest BCUT2D eigenvalue weighted by atomic mass is 10.0. The highest BCUT2D eigenvalue weighted by molar-refractivity contribution is 5.67. The molecule has 1 aliphatic rings. The summed E-state index contributed by atoms with van der Waals surface area (Å²) in [5.74, 6) is 1.56. The van der Waals surface area contributed by atoms with Gasteiger partial charge in [0.2, 0.25) is 0 Å². The number of piperidine rings is 1. The van der Waals surface area contributed by atoms with Gasteiger partial charge in [-0.15, -0.1) is 0 Å². The van der Waals surface area contributed by atoms with Gasteiger partial charge < -0.3 is 9.84 Å². The molecule has 0 saturated carbocycles. The van der Waals surface area contributed by atoms with Crippen LogP contribution in [0.5, 0.6) is 0 Å². The zero-order valence-electron chi connectivity index (χ0n) is 8.16. The molecule has 0 bridgehead atoms. The number of nitrogens with zero attached hydrogens (tertiary/aromatic N) is 1. The molecular weight excluding hydrogens is 210 g/mol. The first-order chi connectivity index (χ1) is 6.91. The lowest BCUT2D eigenvalue weighted by Crippen LogP contribution is -2.54. The topological polar surface area (TPSA) is 75.8 Å². The van der Waals surface area contributed by atoms with Crippen LogP contribution in [0.1, 0.15) is 12.8 Å². The van der Waals surface area contributed by atoms with Gasteiger partial charge in [0.1, 0.15) is 6.61 Å². The number of carboxylic acids is 1. The number of ether oxygens (including phenoxy) is 1. The second-order valence-electron chi connectivity index (χ2n) is 3.63. The molecule has 0 radical (unpaired) electrons. The first-order valence-corrected chi connectivity index (χ1v) is 4.59. The summed E-state index contributed by atoms with van der Waals surface area (Å²) in [5.41, 5.74) is 0. The maximum absolute atomic E-state index is 12.8. The fraction of sp³-hybridized carbons (Fsp3) is 0.875. The predicted octanol–water partition coefficient (Wildman–Crippen LogP) is 0.0610. The monoisotopic (exact) mass is 224 g/mol. The van der Waals surface area contributed by atoms with E-state index in [4.69, 9.17) is 15.7 Å². The van der Waals surface area contributed by atoms with E-state index in [1.165, 1.54) is 0 Å². The standard InChI is InChI=1S/C8H14F2N2O3/c9-8(10)2-1-6(12(11)5-8)3-15-4-7(13)14/h6H,1-5,11H2,(H,13,14). The smallest absolute Gasteiger partial charge is 0.329 e. The zero-order valence-corrected chi connectivity index (χ0v) is 8.16. The van der Waals surface area contributed by atoms with Crippen molar-refractivity contribution in [2.75, 3.05) is 19.8 Å². The summed E-state index contributed by atoms with van der Waals surface area (Å²) in [5, 5.41) is 9.32. The molecule has 0 aromatic rings. The molecular formula is C8H14F2N2O3. The van der Waals surface area contributed by atoms with E-state index in [2.05, 4.69) is 0 Å². The van der Waals surface area contributed by atoms with Crippen molar-refractivity contribution < 1.29 is 23.4 Å². The van der Waals surface area contributed by atoms with Crippen molar-refractivity contribution in [1.82, 2.24) is 5.01 Å². The number of alkyl halides is 2. The number of aliphatic carboxylic acids is 1. The molecule has 1 aliphatic heterocycles. The van der Waals surface area contributed by atoms with E-state index in [9.17, 15) is 13.6 Å². The maximum atomic E-state index is 12.8. The summed E-state index contributed by atoms with van der Waals surface area (Å²) in [6, 6.07) is -0.330. The molecule has 1 saturated heterocycles. The van der Waals surface area contributed by atoms with Gasteiger partial charge in [0, 0.05) is 12.5 Å². The van der Waals surface area contributed by atoms with E-state index in [1.54, 1.807) is 0 Å². The molecule has 1 heterocycles. The average Bonchev–Trinajstić information content (AvgIpc) is 2.07. The van der Waals surface area contributed by atoms with E-state index < -0.39 is 25.0 Å². The highest BCUT2D eigenvalue weighted by Gasteiger charge is 2.38. The Labute approximate surface area is 85.8 Å². The number of nitrogens with two attached hydrogens (primary N) is 1. The normalized spacial score (nSPS) is 26.5. The fourth-order valence-electron chi connectivity index (χ4n) is 1.48. The van der Waals surface area contributed by atoms with Gasteiger partial charge in [-0.3, -0.25) is 5.84 Å². The van der Waals surface area contributed by atoms with Crippen molar-refractivity contribution in [3.8, 4) is 0 Å². The van der Waals surface area contributed by atoms with E-state index in [0.717, 1.165) is 5.01 Å². The van der Waals surface area contributed by atoms with Crippen molar-refractivity contribution in [3.05, 3.63) is 0 Å². The second kappa shape index (κ2) is 4.82. The first-order valence-electron chi connectivity index (χ1n) is 4.59. The number of rotatable bonds is 4. The molecule has 15 heavy (non-hydrogen) atoms. The number of hydrazine groups is 1. The molecule has 88 valence electrons.